The standard InChI is InChI=1S/C29H37FN2O3/c1-18(2)34-25-8-6-21(16-24(25)30)20-5-7-23-22(15-20)9-12-29(3,4)27(23)31-28(33)35-26-17-32-13-10-19(26)11-14-32/h5-8,15-16,18-19,26-27H,9-14,17H2,1-4H3,(H,31,33)/t26-,27+/m1/s1. The van der Waals surface area contributed by atoms with Crippen molar-refractivity contribution in [3.05, 3.63) is 53.3 Å². The largest absolute Gasteiger partial charge is 0.488 e. The van der Waals surface area contributed by atoms with E-state index in [9.17, 15) is 9.18 Å². The Balaban J connectivity index is 1.34. The van der Waals surface area contributed by atoms with Crippen LogP contribution in [0.5, 0.6) is 5.75 Å². The molecule has 0 aromatic heterocycles. The van der Waals surface area contributed by atoms with Crippen molar-refractivity contribution in [3.8, 4) is 16.9 Å². The first kappa shape index (κ1) is 24.1. The fraction of sp³-hybridized carbons (Fsp3) is 0.552. The lowest BCUT2D eigenvalue weighted by atomic mass is 9.70. The van der Waals surface area contributed by atoms with E-state index in [0.29, 0.717) is 5.92 Å². The monoisotopic (exact) mass is 480 g/mol. The van der Waals surface area contributed by atoms with E-state index in [1.54, 1.807) is 6.07 Å². The van der Waals surface area contributed by atoms with Gasteiger partial charge in [0.2, 0.25) is 0 Å². The van der Waals surface area contributed by atoms with Crippen molar-refractivity contribution in [1.82, 2.24) is 10.2 Å². The van der Waals surface area contributed by atoms with Crippen LogP contribution >= 0.6 is 0 Å². The van der Waals surface area contributed by atoms with Gasteiger partial charge in [-0.3, -0.25) is 4.90 Å². The molecule has 0 saturated carbocycles. The number of fused-ring (bicyclic) bond motifs is 4. The van der Waals surface area contributed by atoms with Gasteiger partial charge in [-0.1, -0.05) is 38.1 Å². The van der Waals surface area contributed by atoms with E-state index in [2.05, 4.69) is 36.2 Å². The summed E-state index contributed by atoms with van der Waals surface area (Å²) in [7, 11) is 0. The quantitative estimate of drug-likeness (QED) is 0.561. The Morgan fingerprint density at radius 2 is 1.83 bits per heavy atom. The van der Waals surface area contributed by atoms with Crippen LogP contribution in [0.4, 0.5) is 9.18 Å². The maximum absolute atomic E-state index is 14.6. The van der Waals surface area contributed by atoms with Crippen molar-refractivity contribution in [1.29, 1.82) is 0 Å². The highest BCUT2D eigenvalue weighted by atomic mass is 19.1. The molecule has 1 aliphatic carbocycles. The number of ether oxygens (including phenoxy) is 2. The van der Waals surface area contributed by atoms with Crippen LogP contribution < -0.4 is 10.1 Å². The number of carbonyl (C=O) groups excluding carboxylic acids is 1. The van der Waals surface area contributed by atoms with Crippen molar-refractivity contribution in [3.63, 3.8) is 0 Å². The zero-order valence-corrected chi connectivity index (χ0v) is 21.3. The van der Waals surface area contributed by atoms with Gasteiger partial charge in [0.1, 0.15) is 6.10 Å². The summed E-state index contributed by atoms with van der Waals surface area (Å²) in [5, 5.41) is 3.21. The second-order valence-electron chi connectivity index (χ2n) is 11.4. The molecule has 3 fully saturated rings. The summed E-state index contributed by atoms with van der Waals surface area (Å²) >= 11 is 0. The van der Waals surface area contributed by atoms with Crippen molar-refractivity contribution < 1.29 is 18.7 Å². The van der Waals surface area contributed by atoms with Gasteiger partial charge < -0.3 is 14.8 Å². The highest BCUT2D eigenvalue weighted by molar-refractivity contribution is 5.70. The number of piperidine rings is 3. The maximum atomic E-state index is 14.6. The first-order valence-corrected chi connectivity index (χ1v) is 13.0. The summed E-state index contributed by atoms with van der Waals surface area (Å²) < 4.78 is 26.1. The molecular weight excluding hydrogens is 443 g/mol. The van der Waals surface area contributed by atoms with E-state index < -0.39 is 0 Å². The smallest absolute Gasteiger partial charge is 0.407 e. The lowest BCUT2D eigenvalue weighted by molar-refractivity contribution is -0.0353. The number of carbonyl (C=O) groups is 1. The van der Waals surface area contributed by atoms with Crippen molar-refractivity contribution in [2.75, 3.05) is 19.6 Å². The molecule has 2 aromatic rings. The molecule has 2 atom stereocenters. The molecule has 6 rings (SSSR count). The normalized spacial score (nSPS) is 26.8. The van der Waals surface area contributed by atoms with Crippen LogP contribution in [0.15, 0.2) is 36.4 Å². The SMILES string of the molecule is CC(C)Oc1ccc(-c2ccc3c(c2)CCC(C)(C)[C@H]3NC(=O)O[C@@H]2CN3CCC2CC3)cc1F. The van der Waals surface area contributed by atoms with Crippen LogP contribution in [0.1, 0.15) is 64.1 Å². The average Bonchev–Trinajstić information content (AvgIpc) is 2.82. The van der Waals surface area contributed by atoms with E-state index in [0.717, 1.165) is 62.0 Å². The molecule has 35 heavy (non-hydrogen) atoms. The van der Waals surface area contributed by atoms with E-state index in [1.165, 1.54) is 11.6 Å². The third-order valence-corrected chi connectivity index (χ3v) is 8.02. The number of alkyl carbamates (subject to hydrolysis) is 1. The first-order chi connectivity index (χ1) is 16.7. The van der Waals surface area contributed by atoms with Gasteiger partial charge in [-0.25, -0.2) is 9.18 Å². The van der Waals surface area contributed by atoms with Gasteiger partial charge in [0.15, 0.2) is 11.6 Å². The average molecular weight is 481 g/mol. The molecule has 0 spiro atoms. The van der Waals surface area contributed by atoms with E-state index >= 15 is 0 Å². The number of nitrogens with one attached hydrogen (secondary N) is 1. The lowest BCUT2D eigenvalue weighted by Crippen LogP contribution is -2.53. The molecule has 1 N–H and O–H groups in total. The summed E-state index contributed by atoms with van der Waals surface area (Å²) in [5.41, 5.74) is 4.00. The molecule has 3 saturated heterocycles. The Hall–Kier alpha value is -2.60. The predicted molar refractivity (Wildman–Crippen MR) is 135 cm³/mol. The Labute approximate surface area is 208 Å². The molecular formula is C29H37FN2O3. The van der Waals surface area contributed by atoms with Gasteiger partial charge in [0, 0.05) is 6.54 Å². The minimum atomic E-state index is -0.356. The Bertz CT molecular complexity index is 1090. The topological polar surface area (TPSA) is 50.8 Å². The van der Waals surface area contributed by atoms with Crippen LogP contribution in [0.2, 0.25) is 0 Å². The fourth-order valence-corrected chi connectivity index (χ4v) is 5.94. The minimum absolute atomic E-state index is 0.0106. The molecule has 4 aliphatic rings. The molecule has 6 heteroatoms. The summed E-state index contributed by atoms with van der Waals surface area (Å²) in [6.45, 7) is 11.3. The number of rotatable bonds is 5. The zero-order chi connectivity index (χ0) is 24.7. The van der Waals surface area contributed by atoms with Gasteiger partial charge >= 0.3 is 6.09 Å². The third kappa shape index (κ3) is 5.04. The predicted octanol–water partition coefficient (Wildman–Crippen LogP) is 6.11. The van der Waals surface area contributed by atoms with Gasteiger partial charge in [-0.15, -0.1) is 0 Å². The minimum Gasteiger partial charge on any atom is -0.488 e. The summed E-state index contributed by atoms with van der Waals surface area (Å²) in [6, 6.07) is 11.2. The van der Waals surface area contributed by atoms with Crippen molar-refractivity contribution in [2.24, 2.45) is 11.3 Å². The zero-order valence-electron chi connectivity index (χ0n) is 21.3. The molecule has 0 radical (unpaired) electrons. The summed E-state index contributed by atoms with van der Waals surface area (Å²) in [4.78, 5) is 15.4. The number of aryl methyl sites for hydroxylation is 1. The van der Waals surface area contributed by atoms with Crippen LogP contribution in [0.25, 0.3) is 11.1 Å². The van der Waals surface area contributed by atoms with E-state index in [1.807, 2.05) is 26.0 Å². The molecule has 1 amide bonds. The first-order valence-electron chi connectivity index (χ1n) is 13.0. The summed E-state index contributed by atoms with van der Waals surface area (Å²) in [5.74, 6) is 0.400. The van der Waals surface area contributed by atoms with Crippen LogP contribution in [0.3, 0.4) is 0 Å². The highest BCUT2D eigenvalue weighted by Crippen LogP contribution is 2.44. The Morgan fingerprint density at radius 1 is 1.11 bits per heavy atom. The Morgan fingerprint density at radius 3 is 2.49 bits per heavy atom. The second-order valence-corrected chi connectivity index (χ2v) is 11.4. The molecule has 188 valence electrons. The van der Waals surface area contributed by atoms with Gasteiger partial charge in [-0.05, 0) is 98.3 Å². The van der Waals surface area contributed by atoms with Gasteiger partial charge in [0.05, 0.1) is 12.1 Å². The van der Waals surface area contributed by atoms with Gasteiger partial charge in [0.25, 0.3) is 0 Å². The second kappa shape index (κ2) is 9.45. The van der Waals surface area contributed by atoms with Gasteiger partial charge in [-0.2, -0.15) is 0 Å². The fourth-order valence-electron chi connectivity index (χ4n) is 5.94. The van der Waals surface area contributed by atoms with Crippen LogP contribution in [-0.4, -0.2) is 42.8 Å². The van der Waals surface area contributed by atoms with Crippen molar-refractivity contribution >= 4 is 6.09 Å². The number of hydrogen-bond donors (Lipinski definition) is 1. The lowest BCUT2D eigenvalue weighted by Gasteiger charge is -2.44. The van der Waals surface area contributed by atoms with Crippen LogP contribution in [0, 0.1) is 17.2 Å². The number of benzene rings is 2. The number of halogens is 1. The highest BCUT2D eigenvalue weighted by Gasteiger charge is 2.40. The van der Waals surface area contributed by atoms with Crippen molar-refractivity contribution in [2.45, 2.75) is 71.6 Å². The van der Waals surface area contributed by atoms with Crippen LogP contribution in [-0.2, 0) is 11.2 Å². The number of nitrogens with zero attached hydrogens (tertiary/aromatic N) is 1. The molecule has 0 unspecified atom stereocenters. The maximum Gasteiger partial charge on any atom is 0.407 e. The third-order valence-electron chi connectivity index (χ3n) is 8.02. The molecule has 2 bridgehead atoms. The molecule has 3 heterocycles. The molecule has 2 aromatic carbocycles. The molecule has 5 nitrogen and oxygen atoms in total. The molecule has 3 aliphatic heterocycles. The Kier molecular flexibility index (Phi) is 6.51. The number of amides is 1. The van der Waals surface area contributed by atoms with E-state index in [4.69, 9.17) is 9.47 Å². The van der Waals surface area contributed by atoms with E-state index in [-0.39, 0.29) is 41.3 Å². The number of hydrogen-bond acceptors (Lipinski definition) is 4. The summed E-state index contributed by atoms with van der Waals surface area (Å²) in [6.07, 6.45) is 3.69.